The first-order valence-corrected chi connectivity index (χ1v) is 10.9. The number of para-hydroxylation sites is 2. The summed E-state index contributed by atoms with van der Waals surface area (Å²) in [7, 11) is 0. The molecule has 6 heteroatoms. The average Bonchev–Trinajstić information content (AvgIpc) is 3.32. The Morgan fingerprint density at radius 2 is 1.87 bits per heavy atom. The molecule has 1 amide bonds. The van der Waals surface area contributed by atoms with Crippen LogP contribution in [0.25, 0.3) is 11.0 Å². The third kappa shape index (κ3) is 5.19. The summed E-state index contributed by atoms with van der Waals surface area (Å²) in [5, 5.41) is 0. The number of likely N-dealkylation sites (tertiary alicyclic amines) is 1. The van der Waals surface area contributed by atoms with Crippen LogP contribution in [-0.2, 0) is 11.3 Å². The molecule has 6 nitrogen and oxygen atoms in total. The first-order chi connectivity index (χ1) is 14.8. The Kier molecular flexibility index (Phi) is 5.90. The summed E-state index contributed by atoms with van der Waals surface area (Å²) in [6, 6.07) is 17.2. The summed E-state index contributed by atoms with van der Waals surface area (Å²) >= 11 is 0. The van der Waals surface area contributed by atoms with Crippen molar-refractivity contribution in [1.82, 2.24) is 14.5 Å². The zero-order chi connectivity index (χ0) is 22.0. The topological polar surface area (TPSA) is 56.6 Å². The van der Waals surface area contributed by atoms with E-state index in [1.54, 1.807) is 4.90 Å². The van der Waals surface area contributed by atoms with E-state index in [4.69, 9.17) is 14.5 Å². The number of ether oxygens (including phenoxy) is 2. The number of carbonyl (C=O) groups is 1. The number of imidazole rings is 1. The molecule has 0 bridgehead atoms. The molecule has 3 aromatic rings. The predicted octanol–water partition coefficient (Wildman–Crippen LogP) is 5.03. The lowest BCUT2D eigenvalue weighted by Crippen LogP contribution is -2.35. The van der Waals surface area contributed by atoms with Gasteiger partial charge in [0, 0.05) is 19.0 Å². The van der Waals surface area contributed by atoms with Crippen LogP contribution in [0.1, 0.15) is 38.3 Å². The van der Waals surface area contributed by atoms with Crippen molar-refractivity contribution in [1.29, 1.82) is 0 Å². The Morgan fingerprint density at radius 3 is 2.61 bits per heavy atom. The fourth-order valence-corrected chi connectivity index (χ4v) is 3.85. The highest BCUT2D eigenvalue weighted by atomic mass is 16.6. The Balaban J connectivity index is 1.45. The maximum atomic E-state index is 12.3. The smallest absolute Gasteiger partial charge is 0.410 e. The molecule has 1 fully saturated rings. The molecule has 2 heterocycles. The number of aryl methyl sites for hydroxylation is 1. The Hall–Kier alpha value is -3.02. The number of nitrogens with zero attached hydrogens (tertiary/aromatic N) is 3. The summed E-state index contributed by atoms with van der Waals surface area (Å²) in [6.45, 7) is 10.3. The van der Waals surface area contributed by atoms with Gasteiger partial charge in [0.1, 0.15) is 5.60 Å². The van der Waals surface area contributed by atoms with Crippen LogP contribution in [0.4, 0.5) is 4.79 Å². The molecule has 0 unspecified atom stereocenters. The quantitative estimate of drug-likeness (QED) is 0.580. The van der Waals surface area contributed by atoms with E-state index in [9.17, 15) is 4.79 Å². The minimum Gasteiger partial charge on any atom is -0.464 e. The standard InChI is InChI=1S/C25H31N3O3/c1-18-9-11-19(12-10-18)16-28-22-8-6-5-7-21(22)26-23(28)30-17-20-13-14-27(15-20)24(29)31-25(2,3)4/h5-12,20H,13-17H2,1-4H3/t20-/m0/s1. The fraction of sp³-hybridized carbons (Fsp3) is 0.440. The number of fused-ring (bicyclic) bond motifs is 1. The second kappa shape index (κ2) is 8.61. The average molecular weight is 422 g/mol. The highest BCUT2D eigenvalue weighted by molar-refractivity contribution is 5.76. The van der Waals surface area contributed by atoms with Crippen LogP contribution in [0.5, 0.6) is 6.01 Å². The lowest BCUT2D eigenvalue weighted by Gasteiger charge is -2.24. The van der Waals surface area contributed by atoms with Gasteiger partial charge in [-0.15, -0.1) is 0 Å². The SMILES string of the molecule is Cc1ccc(Cn2c(OC[C@H]3CCN(C(=O)OC(C)(C)C)C3)nc3ccccc32)cc1. The van der Waals surface area contributed by atoms with Crippen molar-refractivity contribution in [3.05, 3.63) is 59.7 Å². The largest absolute Gasteiger partial charge is 0.464 e. The molecule has 0 radical (unpaired) electrons. The minimum absolute atomic E-state index is 0.249. The van der Waals surface area contributed by atoms with Gasteiger partial charge in [0.2, 0.25) is 0 Å². The zero-order valence-electron chi connectivity index (χ0n) is 18.8. The lowest BCUT2D eigenvalue weighted by molar-refractivity contribution is 0.0284. The Labute approximate surface area is 183 Å². The molecule has 0 spiro atoms. The summed E-state index contributed by atoms with van der Waals surface area (Å²) in [5.74, 6) is 0.264. The maximum Gasteiger partial charge on any atom is 0.410 e. The molecule has 1 aliphatic heterocycles. The molecule has 0 aliphatic carbocycles. The van der Waals surface area contributed by atoms with E-state index >= 15 is 0 Å². The predicted molar refractivity (Wildman–Crippen MR) is 121 cm³/mol. The van der Waals surface area contributed by atoms with Gasteiger partial charge < -0.3 is 14.4 Å². The van der Waals surface area contributed by atoms with E-state index in [0.29, 0.717) is 32.3 Å². The molecule has 1 atom stereocenters. The minimum atomic E-state index is -0.480. The van der Waals surface area contributed by atoms with Gasteiger partial charge in [0.15, 0.2) is 0 Å². The van der Waals surface area contributed by atoms with E-state index in [1.807, 2.05) is 39.0 Å². The monoisotopic (exact) mass is 421 g/mol. The Bertz CT molecular complexity index is 1050. The molecule has 0 N–H and O–H groups in total. The van der Waals surface area contributed by atoms with Crippen LogP contribution in [0.15, 0.2) is 48.5 Å². The number of amides is 1. The molecule has 1 saturated heterocycles. The van der Waals surface area contributed by atoms with Crippen LogP contribution in [0, 0.1) is 12.8 Å². The van der Waals surface area contributed by atoms with Gasteiger partial charge in [-0.25, -0.2) is 4.79 Å². The van der Waals surface area contributed by atoms with E-state index < -0.39 is 5.60 Å². The van der Waals surface area contributed by atoms with Crippen LogP contribution in [-0.4, -0.2) is 45.8 Å². The third-order valence-corrected chi connectivity index (χ3v) is 5.47. The van der Waals surface area contributed by atoms with E-state index in [2.05, 4.69) is 41.8 Å². The van der Waals surface area contributed by atoms with Gasteiger partial charge in [-0.1, -0.05) is 42.0 Å². The fourth-order valence-electron chi connectivity index (χ4n) is 3.85. The number of benzene rings is 2. The summed E-state index contributed by atoms with van der Waals surface area (Å²) in [6.07, 6.45) is 0.652. The molecular formula is C25H31N3O3. The Morgan fingerprint density at radius 1 is 1.13 bits per heavy atom. The van der Waals surface area contributed by atoms with Crippen LogP contribution in [0.2, 0.25) is 0 Å². The molecule has 164 valence electrons. The summed E-state index contributed by atoms with van der Waals surface area (Å²) in [5.41, 5.74) is 3.94. The molecule has 0 saturated carbocycles. The summed E-state index contributed by atoms with van der Waals surface area (Å²) in [4.78, 5) is 18.8. The van der Waals surface area contributed by atoms with Gasteiger partial charge in [0.05, 0.1) is 24.2 Å². The van der Waals surface area contributed by atoms with Gasteiger partial charge >= 0.3 is 6.09 Å². The molecule has 1 aliphatic rings. The number of aromatic nitrogens is 2. The van der Waals surface area contributed by atoms with Crippen LogP contribution in [0.3, 0.4) is 0 Å². The number of hydrogen-bond donors (Lipinski definition) is 0. The van der Waals surface area contributed by atoms with Crippen molar-refractivity contribution in [3.63, 3.8) is 0 Å². The second-order valence-electron chi connectivity index (χ2n) is 9.35. The first-order valence-electron chi connectivity index (χ1n) is 10.9. The van der Waals surface area contributed by atoms with Gasteiger partial charge in [-0.05, 0) is 51.8 Å². The van der Waals surface area contributed by atoms with Crippen molar-refractivity contribution in [2.45, 2.75) is 46.3 Å². The van der Waals surface area contributed by atoms with Gasteiger partial charge in [0.25, 0.3) is 6.01 Å². The molecule has 31 heavy (non-hydrogen) atoms. The highest BCUT2D eigenvalue weighted by Gasteiger charge is 2.30. The van der Waals surface area contributed by atoms with Crippen molar-refractivity contribution in [2.24, 2.45) is 5.92 Å². The van der Waals surface area contributed by atoms with Crippen molar-refractivity contribution in [3.8, 4) is 6.01 Å². The van der Waals surface area contributed by atoms with Gasteiger partial charge in [-0.2, -0.15) is 4.98 Å². The normalized spacial score (nSPS) is 16.6. The van der Waals surface area contributed by atoms with Crippen LogP contribution >= 0.6 is 0 Å². The number of carbonyl (C=O) groups excluding carboxylic acids is 1. The van der Waals surface area contributed by atoms with Crippen molar-refractivity contribution in [2.75, 3.05) is 19.7 Å². The second-order valence-corrected chi connectivity index (χ2v) is 9.35. The number of hydrogen-bond acceptors (Lipinski definition) is 4. The molecule has 2 aromatic carbocycles. The first kappa shape index (κ1) is 21.2. The molecule has 4 rings (SSSR count). The van der Waals surface area contributed by atoms with Gasteiger partial charge in [-0.3, -0.25) is 4.57 Å². The number of rotatable bonds is 5. The van der Waals surface area contributed by atoms with E-state index in [0.717, 1.165) is 17.5 Å². The molecule has 1 aromatic heterocycles. The summed E-state index contributed by atoms with van der Waals surface area (Å²) < 4.78 is 13.8. The zero-order valence-corrected chi connectivity index (χ0v) is 18.8. The highest BCUT2D eigenvalue weighted by Crippen LogP contribution is 2.25. The third-order valence-electron chi connectivity index (χ3n) is 5.47. The lowest BCUT2D eigenvalue weighted by atomic mass is 10.1. The van der Waals surface area contributed by atoms with E-state index in [-0.39, 0.29) is 12.0 Å². The van der Waals surface area contributed by atoms with Crippen LogP contribution < -0.4 is 4.74 Å². The van der Waals surface area contributed by atoms with Crippen molar-refractivity contribution >= 4 is 17.1 Å². The van der Waals surface area contributed by atoms with Crippen molar-refractivity contribution < 1.29 is 14.3 Å². The van der Waals surface area contributed by atoms with E-state index in [1.165, 1.54) is 11.1 Å². The molecular weight excluding hydrogens is 390 g/mol. The maximum absolute atomic E-state index is 12.3.